The van der Waals surface area contributed by atoms with Gasteiger partial charge in [-0.1, -0.05) is 36.4 Å². The number of rotatable bonds is 8. The third-order valence-electron chi connectivity index (χ3n) is 3.87. The highest BCUT2D eigenvalue weighted by Gasteiger charge is 2.19. The molecule has 0 spiro atoms. The van der Waals surface area contributed by atoms with Gasteiger partial charge in [0.05, 0.1) is 15.2 Å². The molecule has 0 saturated carbocycles. The molecule has 156 valence electrons. The van der Waals surface area contributed by atoms with Crippen molar-refractivity contribution in [1.29, 1.82) is 0 Å². The van der Waals surface area contributed by atoms with E-state index in [9.17, 15) is 13.2 Å². The second-order valence-corrected chi connectivity index (χ2v) is 9.34. The summed E-state index contributed by atoms with van der Waals surface area (Å²) in [6, 6.07) is 14.2. The van der Waals surface area contributed by atoms with Crippen molar-refractivity contribution in [2.75, 3.05) is 10.0 Å². The first kappa shape index (κ1) is 22.0. The number of thioether (sulfide) groups is 1. The summed E-state index contributed by atoms with van der Waals surface area (Å²) in [5.74, 6) is -0.132. The van der Waals surface area contributed by atoms with E-state index >= 15 is 0 Å². The van der Waals surface area contributed by atoms with Gasteiger partial charge < -0.3 is 5.32 Å². The van der Waals surface area contributed by atoms with E-state index in [1.807, 2.05) is 25.1 Å². The summed E-state index contributed by atoms with van der Waals surface area (Å²) in [6.45, 7) is 1.92. The highest BCUT2D eigenvalue weighted by molar-refractivity contribution is 8.00. The zero-order chi connectivity index (χ0) is 21.6. The molecule has 0 aliphatic heterocycles. The van der Waals surface area contributed by atoms with Crippen LogP contribution >= 0.6 is 23.4 Å². The van der Waals surface area contributed by atoms with Gasteiger partial charge in [0, 0.05) is 11.9 Å². The Hall–Kier alpha value is -2.69. The van der Waals surface area contributed by atoms with Gasteiger partial charge >= 0.3 is 0 Å². The maximum Gasteiger partial charge on any atom is 0.263 e. The number of carbonyl (C=O) groups is 1. The molecule has 0 bridgehead atoms. The maximum absolute atomic E-state index is 12.6. The van der Waals surface area contributed by atoms with Crippen molar-refractivity contribution in [2.24, 2.45) is 0 Å². The minimum absolute atomic E-state index is 0.0205. The number of anilines is 2. The second-order valence-electron chi connectivity index (χ2n) is 6.04. The van der Waals surface area contributed by atoms with Gasteiger partial charge in [-0.3, -0.25) is 9.52 Å². The molecule has 30 heavy (non-hydrogen) atoms. The summed E-state index contributed by atoms with van der Waals surface area (Å²) < 4.78 is 27.3. The van der Waals surface area contributed by atoms with Crippen molar-refractivity contribution < 1.29 is 13.2 Å². The minimum atomic E-state index is -3.85. The van der Waals surface area contributed by atoms with E-state index in [1.54, 1.807) is 6.20 Å². The molecule has 0 aliphatic carbocycles. The number of amides is 1. The highest BCUT2D eigenvalue weighted by atomic mass is 35.5. The summed E-state index contributed by atoms with van der Waals surface area (Å²) in [5.41, 5.74) is 0.491. The van der Waals surface area contributed by atoms with Crippen LogP contribution in [0.5, 0.6) is 0 Å². The van der Waals surface area contributed by atoms with Gasteiger partial charge in [-0.2, -0.15) is 0 Å². The van der Waals surface area contributed by atoms with Gasteiger partial charge in [0.2, 0.25) is 5.91 Å². The smallest absolute Gasteiger partial charge is 0.263 e. The minimum Gasteiger partial charge on any atom is -0.325 e. The molecule has 3 rings (SSSR count). The quantitative estimate of drug-likeness (QED) is 0.488. The van der Waals surface area contributed by atoms with Crippen LogP contribution in [0.4, 0.5) is 11.5 Å². The molecule has 2 N–H and O–H groups in total. The number of aromatic nitrogens is 3. The first-order chi connectivity index (χ1) is 14.4. The van der Waals surface area contributed by atoms with Gasteiger partial charge in [0.15, 0.2) is 11.0 Å². The summed E-state index contributed by atoms with van der Waals surface area (Å²) in [6.07, 6.45) is 2.29. The molecule has 0 fully saturated rings. The van der Waals surface area contributed by atoms with Crippen LogP contribution in [0.1, 0.15) is 13.3 Å². The topological polar surface area (TPSA) is 114 Å². The second kappa shape index (κ2) is 9.88. The van der Waals surface area contributed by atoms with Gasteiger partial charge in [0.1, 0.15) is 0 Å². The molecular formula is C19H18ClN5O3S2. The average molecular weight is 464 g/mol. The molecule has 0 saturated heterocycles. The average Bonchev–Trinajstić information content (AvgIpc) is 2.74. The zero-order valence-electron chi connectivity index (χ0n) is 15.8. The number of pyridine rings is 1. The Bertz CT molecular complexity index is 1100. The Balaban J connectivity index is 1.65. The monoisotopic (exact) mass is 463 g/mol. The van der Waals surface area contributed by atoms with Gasteiger partial charge in [-0.25, -0.2) is 13.4 Å². The molecule has 1 amide bonds. The van der Waals surface area contributed by atoms with Crippen LogP contribution in [0, 0.1) is 0 Å². The molecule has 0 aliphatic rings. The predicted octanol–water partition coefficient (Wildman–Crippen LogP) is 3.84. The Kier molecular flexibility index (Phi) is 7.24. The SMILES string of the molecule is CCC(Sc1ccccn1)C(=O)Nc1ccc(S(=O)(=O)Nc2ccc(Cl)nn2)cc1. The standard InChI is InChI=1S/C19H18ClN5O3S2/c1-2-15(29-18-5-3-4-12-21-18)19(26)22-13-6-8-14(9-7-13)30(27,28)25-17-11-10-16(20)23-24-17/h3-12,15H,2H2,1H3,(H,22,26)(H,24,25). The van der Waals surface area contributed by atoms with Crippen LogP contribution in [-0.2, 0) is 14.8 Å². The third kappa shape index (κ3) is 5.91. The molecular weight excluding hydrogens is 446 g/mol. The van der Waals surface area contributed by atoms with Crippen LogP contribution in [0.15, 0.2) is 70.7 Å². The number of benzene rings is 1. The number of nitrogens with zero attached hydrogens (tertiary/aromatic N) is 3. The van der Waals surface area contributed by atoms with Gasteiger partial charge in [-0.05, 0) is 55.0 Å². The molecule has 11 heteroatoms. The van der Waals surface area contributed by atoms with Crippen LogP contribution in [-0.4, -0.2) is 34.8 Å². The number of sulfonamides is 1. The van der Waals surface area contributed by atoms with Crippen LogP contribution in [0.3, 0.4) is 0 Å². The predicted molar refractivity (Wildman–Crippen MR) is 117 cm³/mol. The Morgan fingerprint density at radius 3 is 2.47 bits per heavy atom. The van der Waals surface area contributed by atoms with Gasteiger partial charge in [0.25, 0.3) is 10.0 Å². The fraction of sp³-hybridized carbons (Fsp3) is 0.158. The summed E-state index contributed by atoms with van der Waals surface area (Å²) >= 11 is 7.02. The van der Waals surface area contributed by atoms with E-state index in [2.05, 4.69) is 25.2 Å². The van der Waals surface area contributed by atoms with E-state index in [-0.39, 0.29) is 27.0 Å². The van der Waals surface area contributed by atoms with E-state index in [4.69, 9.17) is 11.6 Å². The number of halogens is 1. The summed E-state index contributed by atoms with van der Waals surface area (Å²) in [4.78, 5) is 16.8. The van der Waals surface area contributed by atoms with E-state index < -0.39 is 10.0 Å². The van der Waals surface area contributed by atoms with Crippen molar-refractivity contribution in [3.05, 3.63) is 65.9 Å². The number of nitrogens with one attached hydrogen (secondary N) is 2. The van der Waals surface area contributed by atoms with Crippen molar-refractivity contribution in [1.82, 2.24) is 15.2 Å². The Morgan fingerprint density at radius 1 is 1.10 bits per heavy atom. The van der Waals surface area contributed by atoms with Crippen LogP contribution < -0.4 is 10.0 Å². The number of carbonyl (C=O) groups excluding carboxylic acids is 1. The first-order valence-electron chi connectivity index (χ1n) is 8.88. The number of hydrogen-bond donors (Lipinski definition) is 2. The molecule has 2 aromatic heterocycles. The summed E-state index contributed by atoms with van der Waals surface area (Å²) in [7, 11) is -3.85. The third-order valence-corrected chi connectivity index (χ3v) is 6.75. The maximum atomic E-state index is 12.6. The molecule has 1 atom stereocenters. The van der Waals surface area contributed by atoms with E-state index in [0.29, 0.717) is 12.1 Å². The molecule has 1 unspecified atom stereocenters. The lowest BCUT2D eigenvalue weighted by Crippen LogP contribution is -2.24. The van der Waals surface area contributed by atoms with Crippen LogP contribution in [0.2, 0.25) is 5.15 Å². The lowest BCUT2D eigenvalue weighted by Gasteiger charge is -2.14. The molecule has 0 radical (unpaired) electrons. The van der Waals surface area contributed by atoms with Crippen molar-refractivity contribution in [3.8, 4) is 0 Å². The van der Waals surface area contributed by atoms with Crippen molar-refractivity contribution >= 4 is 50.8 Å². The zero-order valence-corrected chi connectivity index (χ0v) is 18.2. The molecule has 3 aromatic rings. The largest absolute Gasteiger partial charge is 0.325 e. The lowest BCUT2D eigenvalue weighted by molar-refractivity contribution is -0.115. The van der Waals surface area contributed by atoms with E-state index in [1.165, 1.54) is 48.2 Å². The molecule has 1 aromatic carbocycles. The van der Waals surface area contributed by atoms with Crippen molar-refractivity contribution in [3.63, 3.8) is 0 Å². The van der Waals surface area contributed by atoms with Crippen LogP contribution in [0.25, 0.3) is 0 Å². The Labute approximate surface area is 183 Å². The summed E-state index contributed by atoms with van der Waals surface area (Å²) in [5, 5.41) is 10.7. The fourth-order valence-corrected chi connectivity index (χ4v) is 4.39. The first-order valence-corrected chi connectivity index (χ1v) is 11.6. The van der Waals surface area contributed by atoms with Crippen molar-refractivity contribution in [2.45, 2.75) is 28.5 Å². The Morgan fingerprint density at radius 2 is 1.87 bits per heavy atom. The van der Waals surface area contributed by atoms with Gasteiger partial charge in [-0.15, -0.1) is 10.2 Å². The normalized spacial score (nSPS) is 12.2. The lowest BCUT2D eigenvalue weighted by atomic mass is 10.3. The molecule has 8 nitrogen and oxygen atoms in total. The number of hydrogen-bond acceptors (Lipinski definition) is 7. The highest BCUT2D eigenvalue weighted by Crippen LogP contribution is 2.25. The molecule has 2 heterocycles. The van der Waals surface area contributed by atoms with E-state index in [0.717, 1.165) is 5.03 Å². The fourth-order valence-electron chi connectivity index (χ4n) is 2.39.